The summed E-state index contributed by atoms with van der Waals surface area (Å²) in [6.07, 6.45) is 2.85. The summed E-state index contributed by atoms with van der Waals surface area (Å²) < 4.78 is 4.87. The standard InChI is InChI=1S/C11H17N3O3/c1-3-14(6-8(2)10(12)13-16)11(15)9-4-5-17-7-9/h4-5,7-8,16H,3,6H2,1-2H3,(H2,12,13). The van der Waals surface area contributed by atoms with Crippen molar-refractivity contribution < 1.29 is 14.4 Å². The summed E-state index contributed by atoms with van der Waals surface area (Å²) in [5.41, 5.74) is 5.98. The third kappa shape index (κ3) is 3.24. The lowest BCUT2D eigenvalue weighted by Gasteiger charge is -2.23. The zero-order chi connectivity index (χ0) is 12.8. The first kappa shape index (κ1) is 13.1. The van der Waals surface area contributed by atoms with E-state index in [-0.39, 0.29) is 17.7 Å². The molecule has 1 amide bonds. The minimum atomic E-state index is -0.198. The van der Waals surface area contributed by atoms with Crippen LogP contribution in [0.3, 0.4) is 0 Å². The van der Waals surface area contributed by atoms with E-state index in [9.17, 15) is 4.79 Å². The Bertz CT molecular complexity index is 387. The smallest absolute Gasteiger partial charge is 0.257 e. The summed E-state index contributed by atoms with van der Waals surface area (Å²) in [7, 11) is 0. The number of carbonyl (C=O) groups is 1. The molecule has 1 rings (SSSR count). The molecule has 0 aliphatic carbocycles. The number of furan rings is 1. The number of hydrogen-bond acceptors (Lipinski definition) is 4. The van der Waals surface area contributed by atoms with Crippen molar-refractivity contribution in [3.63, 3.8) is 0 Å². The summed E-state index contributed by atoms with van der Waals surface area (Å²) in [6.45, 7) is 4.61. The number of nitrogens with zero attached hydrogens (tertiary/aromatic N) is 2. The molecule has 0 spiro atoms. The van der Waals surface area contributed by atoms with E-state index in [1.165, 1.54) is 12.5 Å². The Morgan fingerprint density at radius 1 is 1.71 bits per heavy atom. The maximum absolute atomic E-state index is 12.0. The maximum Gasteiger partial charge on any atom is 0.257 e. The molecule has 6 nitrogen and oxygen atoms in total. The molecule has 0 aliphatic rings. The fourth-order valence-corrected chi connectivity index (χ4v) is 1.45. The van der Waals surface area contributed by atoms with Gasteiger partial charge in [0, 0.05) is 19.0 Å². The molecule has 0 saturated heterocycles. The molecule has 1 atom stereocenters. The van der Waals surface area contributed by atoms with Crippen LogP contribution in [0.5, 0.6) is 0 Å². The molecule has 6 heteroatoms. The number of amidine groups is 1. The molecule has 17 heavy (non-hydrogen) atoms. The van der Waals surface area contributed by atoms with Gasteiger partial charge < -0.3 is 20.3 Å². The number of nitrogens with two attached hydrogens (primary N) is 1. The highest BCUT2D eigenvalue weighted by atomic mass is 16.4. The molecule has 1 unspecified atom stereocenters. The van der Waals surface area contributed by atoms with Crippen LogP contribution in [0.4, 0.5) is 0 Å². The van der Waals surface area contributed by atoms with Crippen molar-refractivity contribution in [1.29, 1.82) is 0 Å². The molecule has 0 aliphatic heterocycles. The minimum absolute atomic E-state index is 0.114. The van der Waals surface area contributed by atoms with Gasteiger partial charge in [0.2, 0.25) is 0 Å². The normalized spacial score (nSPS) is 13.4. The van der Waals surface area contributed by atoms with E-state index in [2.05, 4.69) is 5.16 Å². The van der Waals surface area contributed by atoms with Crippen molar-refractivity contribution in [2.45, 2.75) is 13.8 Å². The van der Waals surface area contributed by atoms with Crippen molar-refractivity contribution in [1.82, 2.24) is 4.90 Å². The summed E-state index contributed by atoms with van der Waals surface area (Å²) in [5, 5.41) is 11.5. The van der Waals surface area contributed by atoms with Gasteiger partial charge in [-0.05, 0) is 13.0 Å². The molecule has 0 aromatic carbocycles. The summed E-state index contributed by atoms with van der Waals surface area (Å²) >= 11 is 0. The van der Waals surface area contributed by atoms with Crippen molar-refractivity contribution in [3.8, 4) is 0 Å². The van der Waals surface area contributed by atoms with Gasteiger partial charge in [0.05, 0.1) is 11.8 Å². The van der Waals surface area contributed by atoms with E-state index in [1.807, 2.05) is 6.92 Å². The summed E-state index contributed by atoms with van der Waals surface area (Å²) in [5.74, 6) is -0.210. The summed E-state index contributed by atoms with van der Waals surface area (Å²) in [6, 6.07) is 1.61. The number of hydrogen-bond donors (Lipinski definition) is 2. The molecule has 0 bridgehead atoms. The average Bonchev–Trinajstić information content (AvgIpc) is 2.87. The Hall–Kier alpha value is -1.98. The van der Waals surface area contributed by atoms with Gasteiger partial charge in [0.25, 0.3) is 5.91 Å². The first-order chi connectivity index (χ1) is 8.10. The fraction of sp³-hybridized carbons (Fsp3) is 0.455. The second-order valence-electron chi connectivity index (χ2n) is 3.78. The maximum atomic E-state index is 12.0. The van der Waals surface area contributed by atoms with Gasteiger partial charge in [-0.1, -0.05) is 12.1 Å². The van der Waals surface area contributed by atoms with Crippen LogP contribution in [0.2, 0.25) is 0 Å². The van der Waals surface area contributed by atoms with Gasteiger partial charge >= 0.3 is 0 Å². The molecule has 0 radical (unpaired) electrons. The van der Waals surface area contributed by atoms with Crippen LogP contribution >= 0.6 is 0 Å². The molecule has 94 valence electrons. The first-order valence-electron chi connectivity index (χ1n) is 5.39. The lowest BCUT2D eigenvalue weighted by Crippen LogP contribution is -2.38. The number of carbonyl (C=O) groups excluding carboxylic acids is 1. The second kappa shape index (κ2) is 5.93. The van der Waals surface area contributed by atoms with Crippen LogP contribution in [0.1, 0.15) is 24.2 Å². The van der Waals surface area contributed by atoms with Gasteiger partial charge in [-0.15, -0.1) is 0 Å². The van der Waals surface area contributed by atoms with Crippen molar-refractivity contribution in [2.75, 3.05) is 13.1 Å². The third-order valence-corrected chi connectivity index (χ3v) is 2.55. The number of oxime groups is 1. The van der Waals surface area contributed by atoms with Crippen molar-refractivity contribution in [3.05, 3.63) is 24.2 Å². The molecular formula is C11H17N3O3. The molecule has 3 N–H and O–H groups in total. The summed E-state index contributed by atoms with van der Waals surface area (Å²) in [4.78, 5) is 13.6. The van der Waals surface area contributed by atoms with E-state index in [4.69, 9.17) is 15.4 Å². The van der Waals surface area contributed by atoms with Crippen LogP contribution in [-0.2, 0) is 0 Å². The second-order valence-corrected chi connectivity index (χ2v) is 3.78. The van der Waals surface area contributed by atoms with Crippen molar-refractivity contribution >= 4 is 11.7 Å². The van der Waals surface area contributed by atoms with Gasteiger partial charge in [0.1, 0.15) is 12.1 Å². The van der Waals surface area contributed by atoms with Gasteiger partial charge in [-0.3, -0.25) is 4.79 Å². The molecule has 1 aromatic rings. The fourth-order valence-electron chi connectivity index (χ4n) is 1.45. The van der Waals surface area contributed by atoms with Crippen LogP contribution in [-0.4, -0.2) is 34.9 Å². The Morgan fingerprint density at radius 2 is 2.41 bits per heavy atom. The van der Waals surface area contributed by atoms with Crippen LogP contribution in [0.25, 0.3) is 0 Å². The zero-order valence-electron chi connectivity index (χ0n) is 9.96. The van der Waals surface area contributed by atoms with E-state index in [0.29, 0.717) is 18.7 Å². The Kier molecular flexibility index (Phi) is 4.56. The predicted octanol–water partition coefficient (Wildman–Crippen LogP) is 1.12. The van der Waals surface area contributed by atoms with E-state index >= 15 is 0 Å². The quantitative estimate of drug-likeness (QED) is 0.348. The van der Waals surface area contributed by atoms with Crippen LogP contribution in [0.15, 0.2) is 28.2 Å². The minimum Gasteiger partial charge on any atom is -0.472 e. The SMILES string of the molecule is CCN(CC(C)C(N)=NO)C(=O)c1ccoc1. The average molecular weight is 239 g/mol. The lowest BCUT2D eigenvalue weighted by molar-refractivity contribution is 0.0753. The number of amides is 1. The van der Waals surface area contributed by atoms with Crippen LogP contribution < -0.4 is 5.73 Å². The molecule has 1 heterocycles. The van der Waals surface area contributed by atoms with E-state index in [0.717, 1.165) is 0 Å². The third-order valence-electron chi connectivity index (χ3n) is 2.55. The molecule has 1 aromatic heterocycles. The predicted molar refractivity (Wildman–Crippen MR) is 62.9 cm³/mol. The zero-order valence-corrected chi connectivity index (χ0v) is 9.96. The largest absolute Gasteiger partial charge is 0.472 e. The van der Waals surface area contributed by atoms with E-state index in [1.54, 1.807) is 17.9 Å². The van der Waals surface area contributed by atoms with Crippen LogP contribution in [0, 0.1) is 5.92 Å². The highest BCUT2D eigenvalue weighted by Crippen LogP contribution is 2.08. The Balaban J connectivity index is 2.69. The molecule has 0 fully saturated rings. The topological polar surface area (TPSA) is 92.1 Å². The molecular weight excluding hydrogens is 222 g/mol. The first-order valence-corrected chi connectivity index (χ1v) is 5.39. The van der Waals surface area contributed by atoms with Crippen molar-refractivity contribution in [2.24, 2.45) is 16.8 Å². The molecule has 0 saturated carbocycles. The van der Waals surface area contributed by atoms with Gasteiger partial charge in [-0.25, -0.2) is 0 Å². The monoisotopic (exact) mass is 239 g/mol. The number of rotatable bonds is 5. The Labute approximate surface area is 99.7 Å². The highest BCUT2D eigenvalue weighted by molar-refractivity contribution is 5.94. The van der Waals surface area contributed by atoms with Gasteiger partial charge in [-0.2, -0.15) is 0 Å². The van der Waals surface area contributed by atoms with E-state index < -0.39 is 0 Å². The van der Waals surface area contributed by atoms with Gasteiger partial charge in [0.15, 0.2) is 0 Å². The highest BCUT2D eigenvalue weighted by Gasteiger charge is 2.19. The Morgan fingerprint density at radius 3 is 2.88 bits per heavy atom. The lowest BCUT2D eigenvalue weighted by atomic mass is 10.1.